The first-order valence-electron chi connectivity index (χ1n) is 24.2. The maximum absolute atomic E-state index is 7.41. The molecule has 6 heterocycles. The van der Waals surface area contributed by atoms with E-state index in [2.05, 4.69) is 217 Å². The highest BCUT2D eigenvalue weighted by Gasteiger charge is 2.50. The van der Waals surface area contributed by atoms with E-state index in [0.717, 1.165) is 56.0 Å². The Morgan fingerprint density at radius 3 is 1.30 bits per heavy atom. The summed E-state index contributed by atoms with van der Waals surface area (Å²) in [6.07, 6.45) is 0. The predicted octanol–water partition coefficient (Wildman–Crippen LogP) is 16.9. The Morgan fingerprint density at radius 2 is 0.870 bits per heavy atom. The zero-order chi connectivity index (χ0) is 47.4. The minimum atomic E-state index is -0.320. The topological polar surface area (TPSA) is 32.8 Å². The van der Waals surface area contributed by atoms with E-state index in [1.807, 2.05) is 22.7 Å². The van der Waals surface area contributed by atoms with Gasteiger partial charge in [0.2, 0.25) is 0 Å². The van der Waals surface area contributed by atoms with Crippen LogP contribution in [-0.2, 0) is 10.8 Å². The normalized spacial score (nSPS) is 13.6. The van der Waals surface area contributed by atoms with Crippen LogP contribution in [0.1, 0.15) is 74.9 Å². The Hall–Kier alpha value is -6.80. The van der Waals surface area contributed by atoms with Gasteiger partial charge in [-0.2, -0.15) is 0 Å². The van der Waals surface area contributed by atoms with Crippen molar-refractivity contribution in [2.75, 3.05) is 9.80 Å². The molecule has 7 aromatic carbocycles. The van der Waals surface area contributed by atoms with Gasteiger partial charge in [-0.05, 0) is 148 Å². The average molecular weight is 933 g/mol. The van der Waals surface area contributed by atoms with Crippen molar-refractivity contribution in [2.24, 2.45) is 0 Å². The van der Waals surface area contributed by atoms with Crippen LogP contribution in [0.25, 0.3) is 64.4 Å². The SMILES string of the molecule is Cc1ccc(-c2csc3ccccc23)c(C)c1N1c2cccc3c2B(c2oc4ccc(C(C)(C)C)cc4c21)c1oc2ccc(C(C)(C)C)cc2c1N3c1c(C)ccc(-c2csc3ccccc23)c1C. The van der Waals surface area contributed by atoms with Gasteiger partial charge in [-0.1, -0.05) is 120 Å². The van der Waals surface area contributed by atoms with Gasteiger partial charge in [0.15, 0.2) is 0 Å². The Morgan fingerprint density at radius 1 is 0.435 bits per heavy atom. The molecule has 0 aliphatic carbocycles. The third kappa shape index (κ3) is 6.12. The number of rotatable bonds is 4. The lowest BCUT2D eigenvalue weighted by Gasteiger charge is -2.42. The van der Waals surface area contributed by atoms with Crippen molar-refractivity contribution in [2.45, 2.75) is 80.1 Å². The van der Waals surface area contributed by atoms with Crippen molar-refractivity contribution in [3.8, 4) is 22.3 Å². The van der Waals surface area contributed by atoms with Crippen LogP contribution in [0.2, 0.25) is 0 Å². The summed E-state index contributed by atoms with van der Waals surface area (Å²) in [6, 6.07) is 47.5. The number of hydrogen-bond acceptors (Lipinski definition) is 6. The Balaban J connectivity index is 1.15. The summed E-state index contributed by atoms with van der Waals surface area (Å²) in [5.74, 6) is 0. The van der Waals surface area contributed by atoms with Crippen LogP contribution >= 0.6 is 22.7 Å². The van der Waals surface area contributed by atoms with E-state index in [1.54, 1.807) is 0 Å². The monoisotopic (exact) mass is 932 g/mol. The zero-order valence-electron chi connectivity index (χ0n) is 40.9. The van der Waals surface area contributed by atoms with Crippen LogP contribution in [0.4, 0.5) is 34.1 Å². The zero-order valence-corrected chi connectivity index (χ0v) is 42.5. The second-order valence-electron chi connectivity index (χ2n) is 21.5. The number of nitrogens with zero attached hydrogens (tertiary/aromatic N) is 2. The van der Waals surface area contributed by atoms with Gasteiger partial charge in [0.1, 0.15) is 22.5 Å². The molecule has 0 N–H and O–H groups in total. The molecule has 338 valence electrons. The molecule has 69 heavy (non-hydrogen) atoms. The summed E-state index contributed by atoms with van der Waals surface area (Å²) in [6.45, 7) is 22.6. The summed E-state index contributed by atoms with van der Waals surface area (Å²) in [5, 5.41) is 9.45. The number of hydrogen-bond donors (Lipinski definition) is 0. The van der Waals surface area contributed by atoms with E-state index < -0.39 is 0 Å². The maximum atomic E-state index is 7.41. The lowest BCUT2D eigenvalue weighted by Crippen LogP contribution is -2.60. The second-order valence-corrected chi connectivity index (χ2v) is 23.3. The average Bonchev–Trinajstić information content (AvgIpc) is 4.13. The van der Waals surface area contributed by atoms with E-state index in [-0.39, 0.29) is 17.5 Å². The molecule has 0 bridgehead atoms. The quantitative estimate of drug-likeness (QED) is 0.165. The minimum Gasteiger partial charge on any atom is -0.468 e. The summed E-state index contributed by atoms with van der Waals surface area (Å²) in [7, 11) is 0. The molecule has 0 atom stereocenters. The van der Waals surface area contributed by atoms with Gasteiger partial charge < -0.3 is 18.6 Å². The van der Waals surface area contributed by atoms with E-state index >= 15 is 0 Å². The fourth-order valence-corrected chi connectivity index (χ4v) is 13.5. The molecule has 2 aliphatic heterocycles. The third-order valence-corrected chi connectivity index (χ3v) is 17.1. The standard InChI is InChI=1S/C62H53BN2O2S2/c1-34-22-26-40(46-32-68-52-20-13-11-16-42(46)52)36(3)55(34)64-48-18-15-19-49-54(48)63(59-57(64)44-30-38(61(5,6)7)24-28-50(44)66-59)60-58(45-31-39(62(8,9)10)25-29-51(45)67-60)65(49)56-35(2)23-27-41(37(56)4)47-33-69-53-21-14-12-17-43(47)53/h11-33H,1-10H3. The Kier molecular flexibility index (Phi) is 9.11. The Bertz CT molecular complexity index is 3710. The van der Waals surface area contributed by atoms with E-state index in [4.69, 9.17) is 8.83 Å². The summed E-state index contributed by atoms with van der Waals surface area (Å²) in [4.78, 5) is 5.12. The fraction of sp³-hybridized carbons (Fsp3) is 0.194. The van der Waals surface area contributed by atoms with Gasteiger partial charge in [-0.15, -0.1) is 22.7 Å². The van der Waals surface area contributed by atoms with Gasteiger partial charge in [0.25, 0.3) is 0 Å². The van der Waals surface area contributed by atoms with Gasteiger partial charge in [-0.3, -0.25) is 0 Å². The minimum absolute atomic E-state index is 0.0732. The molecule has 4 aromatic heterocycles. The highest BCUT2D eigenvalue weighted by atomic mass is 32.1. The largest absolute Gasteiger partial charge is 0.468 e. The molecule has 0 unspecified atom stereocenters. The van der Waals surface area contributed by atoms with Crippen molar-refractivity contribution in [1.29, 1.82) is 0 Å². The fourth-order valence-electron chi connectivity index (χ4n) is 11.6. The van der Waals surface area contributed by atoms with Crippen LogP contribution < -0.4 is 26.6 Å². The van der Waals surface area contributed by atoms with Crippen LogP contribution in [0.15, 0.2) is 147 Å². The van der Waals surface area contributed by atoms with Crippen LogP contribution in [-0.4, -0.2) is 6.71 Å². The molecule has 0 radical (unpaired) electrons. The second kappa shape index (κ2) is 14.9. The highest BCUT2D eigenvalue weighted by molar-refractivity contribution is 7.18. The van der Waals surface area contributed by atoms with E-state index in [1.165, 1.54) is 92.6 Å². The van der Waals surface area contributed by atoms with Gasteiger partial charge >= 0.3 is 6.71 Å². The van der Waals surface area contributed by atoms with E-state index in [0.29, 0.717) is 0 Å². The highest BCUT2D eigenvalue weighted by Crippen LogP contribution is 2.53. The van der Waals surface area contributed by atoms with Crippen molar-refractivity contribution >= 4 is 122 Å². The van der Waals surface area contributed by atoms with Gasteiger partial charge in [-0.25, -0.2) is 0 Å². The lowest BCUT2D eigenvalue weighted by molar-refractivity contribution is 0.590. The molecule has 0 fully saturated rings. The third-order valence-electron chi connectivity index (χ3n) is 15.2. The maximum Gasteiger partial charge on any atom is 0.342 e. The van der Waals surface area contributed by atoms with Gasteiger partial charge in [0, 0.05) is 53.4 Å². The van der Waals surface area contributed by atoms with Crippen LogP contribution in [0.5, 0.6) is 0 Å². The molecule has 13 rings (SSSR count). The first-order valence-corrected chi connectivity index (χ1v) is 25.9. The molecule has 0 saturated heterocycles. The molecule has 2 aliphatic rings. The number of benzene rings is 7. The number of fused-ring (bicyclic) bond motifs is 10. The molecule has 0 spiro atoms. The smallest absolute Gasteiger partial charge is 0.342 e. The predicted molar refractivity (Wildman–Crippen MR) is 298 cm³/mol. The number of thiophene rings is 2. The number of anilines is 6. The van der Waals surface area contributed by atoms with Gasteiger partial charge in [0.05, 0.1) is 22.7 Å². The van der Waals surface area contributed by atoms with Crippen LogP contribution in [0, 0.1) is 27.7 Å². The molecular weight excluding hydrogens is 880 g/mol. The first kappa shape index (κ1) is 42.3. The summed E-state index contributed by atoms with van der Waals surface area (Å²) >= 11 is 3.63. The first-order chi connectivity index (χ1) is 33.2. The molecule has 0 saturated carbocycles. The lowest BCUT2D eigenvalue weighted by atomic mass is 9.37. The number of furan rings is 2. The Labute approximate surface area is 412 Å². The van der Waals surface area contributed by atoms with Crippen molar-refractivity contribution in [3.05, 3.63) is 172 Å². The van der Waals surface area contributed by atoms with E-state index in [9.17, 15) is 0 Å². The molecular formula is C62H53BN2O2S2. The summed E-state index contributed by atoms with van der Waals surface area (Å²) < 4.78 is 17.4. The van der Waals surface area contributed by atoms with Crippen molar-refractivity contribution in [3.63, 3.8) is 0 Å². The van der Waals surface area contributed by atoms with Crippen molar-refractivity contribution < 1.29 is 8.83 Å². The molecule has 4 nitrogen and oxygen atoms in total. The molecule has 0 amide bonds. The summed E-state index contributed by atoms with van der Waals surface area (Å²) in [5.41, 5.74) is 23.8. The van der Waals surface area contributed by atoms with Crippen LogP contribution in [0.3, 0.4) is 0 Å². The number of aryl methyl sites for hydroxylation is 2. The molecule has 7 heteroatoms. The van der Waals surface area contributed by atoms with Crippen molar-refractivity contribution in [1.82, 2.24) is 0 Å². The molecule has 11 aromatic rings.